The van der Waals surface area contributed by atoms with Crippen LogP contribution in [-0.4, -0.2) is 21.2 Å². The van der Waals surface area contributed by atoms with Crippen molar-refractivity contribution in [1.29, 1.82) is 0 Å². The van der Waals surface area contributed by atoms with Gasteiger partial charge in [-0.1, -0.05) is 30.0 Å². The van der Waals surface area contributed by atoms with Crippen molar-refractivity contribution >= 4 is 11.8 Å². The first-order chi connectivity index (χ1) is 13.2. The molecule has 0 spiro atoms. The number of pyridine rings is 1. The molecule has 0 atom stereocenters. The zero-order valence-electron chi connectivity index (χ0n) is 14.5. The molecular weight excluding hydrogens is 361 g/mol. The Kier molecular flexibility index (Phi) is 4.89. The van der Waals surface area contributed by atoms with Crippen LogP contribution in [0.1, 0.15) is 0 Å². The molecule has 0 fully saturated rings. The summed E-state index contributed by atoms with van der Waals surface area (Å²) >= 11 is 1.52. The van der Waals surface area contributed by atoms with Crippen molar-refractivity contribution in [2.24, 2.45) is 0 Å². The lowest BCUT2D eigenvalue weighted by Gasteiger charge is -2.07. The molecule has 0 aliphatic rings. The van der Waals surface area contributed by atoms with E-state index in [9.17, 15) is 4.39 Å². The Bertz CT molecular complexity index is 1050. The summed E-state index contributed by atoms with van der Waals surface area (Å²) in [4.78, 5) is 12.3. The number of thioether (sulfide) groups is 1. The molecule has 4 rings (SSSR count). The zero-order valence-corrected chi connectivity index (χ0v) is 15.3. The fourth-order valence-corrected chi connectivity index (χ4v) is 3.09. The van der Waals surface area contributed by atoms with Gasteiger partial charge in [0.25, 0.3) is 0 Å². The van der Waals surface area contributed by atoms with Gasteiger partial charge in [0, 0.05) is 23.4 Å². The van der Waals surface area contributed by atoms with E-state index in [1.54, 1.807) is 18.3 Å². The van der Waals surface area contributed by atoms with Gasteiger partial charge in [0.1, 0.15) is 11.6 Å². The van der Waals surface area contributed by atoms with Gasteiger partial charge in [-0.3, -0.25) is 0 Å². The lowest BCUT2D eigenvalue weighted by atomic mass is 10.1. The number of benzene rings is 2. The lowest BCUT2D eigenvalue weighted by molar-refractivity contribution is 0.463. The Hall–Kier alpha value is -3.12. The summed E-state index contributed by atoms with van der Waals surface area (Å²) < 4.78 is 19.1. The van der Waals surface area contributed by atoms with E-state index in [0.29, 0.717) is 11.6 Å². The number of halogens is 1. The van der Waals surface area contributed by atoms with E-state index in [1.165, 1.54) is 23.9 Å². The SMILES string of the molecule is CSc1nc(-c2ccnc(Oc3ccccc3)c2)c(-c2ccc(F)cc2)[nH]1. The van der Waals surface area contributed by atoms with E-state index in [0.717, 1.165) is 27.7 Å². The quantitative estimate of drug-likeness (QED) is 0.447. The van der Waals surface area contributed by atoms with Gasteiger partial charge in [-0.25, -0.2) is 14.4 Å². The third kappa shape index (κ3) is 3.85. The smallest absolute Gasteiger partial charge is 0.219 e. The van der Waals surface area contributed by atoms with Gasteiger partial charge >= 0.3 is 0 Å². The number of rotatable bonds is 5. The van der Waals surface area contributed by atoms with Crippen LogP contribution < -0.4 is 4.74 Å². The number of ether oxygens (including phenoxy) is 1. The number of hydrogen-bond acceptors (Lipinski definition) is 4. The van der Waals surface area contributed by atoms with E-state index in [2.05, 4.69) is 15.0 Å². The molecule has 0 aliphatic carbocycles. The van der Waals surface area contributed by atoms with Crippen LogP contribution in [0.15, 0.2) is 78.1 Å². The molecule has 1 N–H and O–H groups in total. The van der Waals surface area contributed by atoms with E-state index in [4.69, 9.17) is 4.74 Å². The molecule has 2 aromatic carbocycles. The number of aromatic amines is 1. The molecule has 6 heteroatoms. The number of imidazole rings is 1. The van der Waals surface area contributed by atoms with Crippen molar-refractivity contribution in [3.63, 3.8) is 0 Å². The highest BCUT2D eigenvalue weighted by molar-refractivity contribution is 7.98. The summed E-state index contributed by atoms with van der Waals surface area (Å²) in [6.07, 6.45) is 3.64. The summed E-state index contributed by atoms with van der Waals surface area (Å²) in [6.45, 7) is 0. The predicted molar refractivity (Wildman–Crippen MR) is 106 cm³/mol. The molecule has 0 unspecified atom stereocenters. The monoisotopic (exact) mass is 377 g/mol. The van der Waals surface area contributed by atoms with Crippen LogP contribution in [0.25, 0.3) is 22.5 Å². The van der Waals surface area contributed by atoms with Crippen LogP contribution in [0.4, 0.5) is 4.39 Å². The second-order valence-corrected chi connectivity index (χ2v) is 6.57. The largest absolute Gasteiger partial charge is 0.439 e. The van der Waals surface area contributed by atoms with E-state index < -0.39 is 0 Å². The predicted octanol–water partition coefficient (Wildman–Crippen LogP) is 5.79. The molecule has 0 saturated heterocycles. The molecule has 0 amide bonds. The van der Waals surface area contributed by atoms with Gasteiger partial charge in [0.15, 0.2) is 5.16 Å². The van der Waals surface area contributed by atoms with Crippen LogP contribution in [0.3, 0.4) is 0 Å². The van der Waals surface area contributed by atoms with Crippen LogP contribution in [0, 0.1) is 5.82 Å². The minimum Gasteiger partial charge on any atom is -0.439 e. The molecule has 0 saturated carbocycles. The average molecular weight is 377 g/mol. The first kappa shape index (κ1) is 17.3. The molecule has 27 heavy (non-hydrogen) atoms. The minimum atomic E-state index is -0.271. The van der Waals surface area contributed by atoms with E-state index in [1.807, 2.05) is 48.7 Å². The molecule has 4 nitrogen and oxygen atoms in total. The molecule has 0 aliphatic heterocycles. The highest BCUT2D eigenvalue weighted by atomic mass is 32.2. The maximum atomic E-state index is 13.3. The zero-order chi connectivity index (χ0) is 18.6. The lowest BCUT2D eigenvalue weighted by Crippen LogP contribution is -1.90. The Morgan fingerprint density at radius 2 is 1.74 bits per heavy atom. The second kappa shape index (κ2) is 7.63. The first-order valence-corrected chi connectivity index (χ1v) is 9.54. The Labute approximate surface area is 160 Å². The first-order valence-electron chi connectivity index (χ1n) is 8.32. The number of hydrogen-bond donors (Lipinski definition) is 1. The number of aromatic nitrogens is 3. The fourth-order valence-electron chi connectivity index (χ4n) is 2.70. The van der Waals surface area contributed by atoms with Gasteiger partial charge in [0.05, 0.1) is 11.4 Å². The summed E-state index contributed by atoms with van der Waals surface area (Å²) in [6, 6.07) is 19.6. The van der Waals surface area contributed by atoms with Crippen LogP contribution >= 0.6 is 11.8 Å². The molecule has 0 bridgehead atoms. The van der Waals surface area contributed by atoms with Gasteiger partial charge in [0.2, 0.25) is 5.88 Å². The van der Waals surface area contributed by atoms with Gasteiger partial charge in [-0.05, 0) is 48.7 Å². The maximum Gasteiger partial charge on any atom is 0.219 e. The molecular formula is C21H16FN3OS. The van der Waals surface area contributed by atoms with Crippen LogP contribution in [-0.2, 0) is 0 Å². The molecule has 0 radical (unpaired) electrons. The van der Waals surface area contributed by atoms with Gasteiger partial charge in [-0.2, -0.15) is 0 Å². The Balaban J connectivity index is 1.74. The molecule has 2 heterocycles. The number of nitrogens with zero attached hydrogens (tertiary/aromatic N) is 2. The number of H-pyrrole nitrogens is 1. The second-order valence-electron chi connectivity index (χ2n) is 5.77. The Morgan fingerprint density at radius 3 is 2.48 bits per heavy atom. The molecule has 134 valence electrons. The summed E-state index contributed by atoms with van der Waals surface area (Å²) in [5.41, 5.74) is 3.33. The minimum absolute atomic E-state index is 0.271. The van der Waals surface area contributed by atoms with Crippen LogP contribution in [0.5, 0.6) is 11.6 Å². The topological polar surface area (TPSA) is 50.8 Å². The molecule has 2 aromatic heterocycles. The average Bonchev–Trinajstić information content (AvgIpc) is 3.14. The van der Waals surface area contributed by atoms with Crippen molar-refractivity contribution < 1.29 is 9.13 Å². The van der Waals surface area contributed by atoms with Crippen molar-refractivity contribution in [1.82, 2.24) is 15.0 Å². The summed E-state index contributed by atoms with van der Waals surface area (Å²) in [7, 11) is 0. The fraction of sp³-hybridized carbons (Fsp3) is 0.0476. The maximum absolute atomic E-state index is 13.3. The van der Waals surface area contributed by atoms with E-state index >= 15 is 0 Å². The number of nitrogens with one attached hydrogen (secondary N) is 1. The summed E-state index contributed by atoms with van der Waals surface area (Å²) in [5, 5.41) is 0.784. The third-order valence-corrected chi connectivity index (χ3v) is 4.56. The van der Waals surface area contributed by atoms with Crippen molar-refractivity contribution in [2.75, 3.05) is 6.26 Å². The van der Waals surface area contributed by atoms with Crippen LogP contribution in [0.2, 0.25) is 0 Å². The third-order valence-electron chi connectivity index (χ3n) is 3.98. The summed E-state index contributed by atoms with van der Waals surface area (Å²) in [5.74, 6) is 0.928. The van der Waals surface area contributed by atoms with Crippen molar-refractivity contribution in [3.8, 4) is 34.1 Å². The van der Waals surface area contributed by atoms with Crippen molar-refractivity contribution in [2.45, 2.75) is 5.16 Å². The highest BCUT2D eigenvalue weighted by Crippen LogP contribution is 2.33. The number of para-hydroxylation sites is 1. The standard InChI is InChI=1S/C21H16FN3OS/c1-27-21-24-19(14-7-9-16(22)10-8-14)20(25-21)15-11-12-23-18(13-15)26-17-5-3-2-4-6-17/h2-13H,1H3,(H,24,25). The van der Waals surface area contributed by atoms with E-state index in [-0.39, 0.29) is 5.82 Å². The highest BCUT2D eigenvalue weighted by Gasteiger charge is 2.15. The normalized spacial score (nSPS) is 10.7. The van der Waals surface area contributed by atoms with Gasteiger partial charge < -0.3 is 9.72 Å². The van der Waals surface area contributed by atoms with Crippen molar-refractivity contribution in [3.05, 3.63) is 78.7 Å². The molecule has 4 aromatic rings. The van der Waals surface area contributed by atoms with Gasteiger partial charge in [-0.15, -0.1) is 0 Å². The Morgan fingerprint density at radius 1 is 0.963 bits per heavy atom.